The number of rotatable bonds is 6. The minimum Gasteiger partial charge on any atom is -0.214 e. The van der Waals surface area contributed by atoms with Crippen LogP contribution in [0.5, 0.6) is 0 Å². The van der Waals surface area contributed by atoms with E-state index in [9.17, 15) is 9.59 Å². The van der Waals surface area contributed by atoms with Crippen LogP contribution in [0.3, 0.4) is 0 Å². The first-order valence-corrected chi connectivity index (χ1v) is 9.17. The maximum Gasteiger partial charge on any atom is 0.240 e. The molecule has 0 bridgehead atoms. The maximum atomic E-state index is 10.7. The van der Waals surface area contributed by atoms with E-state index in [1.807, 2.05) is 71.9 Å². The molecule has 0 amide bonds. The van der Waals surface area contributed by atoms with Crippen molar-refractivity contribution in [2.24, 2.45) is 20.0 Å². The van der Waals surface area contributed by atoms with Gasteiger partial charge in [-0.3, -0.25) is 0 Å². The predicted molar refractivity (Wildman–Crippen MR) is 114 cm³/mol. The van der Waals surface area contributed by atoms with Crippen molar-refractivity contribution in [1.82, 2.24) is 0 Å². The number of aliphatic imine (C=N–C) groups is 4. The highest BCUT2D eigenvalue weighted by Crippen LogP contribution is 2.32. The van der Waals surface area contributed by atoms with E-state index in [2.05, 4.69) is 26.0 Å². The van der Waals surface area contributed by atoms with Gasteiger partial charge in [-0.25, -0.2) is 14.6 Å². The molecule has 0 aliphatic heterocycles. The van der Waals surface area contributed by atoms with Crippen LogP contribution in [-0.4, -0.2) is 18.2 Å². The number of carbonyl (C=O) groups excluding carboxylic acids is 2. The summed E-state index contributed by atoms with van der Waals surface area (Å²) in [6, 6.07) is 13.9. The van der Waals surface area contributed by atoms with Crippen molar-refractivity contribution in [3.63, 3.8) is 0 Å². The Hall–Kier alpha value is -3.42. The second kappa shape index (κ2) is 8.72. The van der Waals surface area contributed by atoms with Crippen molar-refractivity contribution in [2.75, 3.05) is 0 Å². The summed E-state index contributed by atoms with van der Waals surface area (Å²) in [7, 11) is 0. The van der Waals surface area contributed by atoms with E-state index in [0.717, 1.165) is 22.3 Å². The topological polar surface area (TPSA) is 83.6 Å². The van der Waals surface area contributed by atoms with Gasteiger partial charge in [-0.2, -0.15) is 15.0 Å². The molecule has 2 rings (SSSR count). The summed E-state index contributed by atoms with van der Waals surface area (Å²) in [5, 5.41) is 0. The molecular formula is C23H24N4O2. The molecule has 148 valence electrons. The highest BCUT2D eigenvalue weighted by molar-refractivity contribution is 5.57. The van der Waals surface area contributed by atoms with Crippen LogP contribution in [0.15, 0.2) is 56.4 Å². The van der Waals surface area contributed by atoms with E-state index in [-0.39, 0.29) is 0 Å². The first kappa shape index (κ1) is 21.9. The van der Waals surface area contributed by atoms with Crippen LogP contribution in [0.25, 0.3) is 0 Å². The largest absolute Gasteiger partial charge is 0.240 e. The van der Waals surface area contributed by atoms with E-state index in [1.54, 1.807) is 18.2 Å². The van der Waals surface area contributed by atoms with Crippen molar-refractivity contribution in [3.8, 4) is 0 Å². The minimum atomic E-state index is -0.690. The van der Waals surface area contributed by atoms with Gasteiger partial charge in [0.25, 0.3) is 0 Å². The van der Waals surface area contributed by atoms with Crippen LogP contribution in [0.1, 0.15) is 49.9 Å². The van der Waals surface area contributed by atoms with Gasteiger partial charge in [-0.05, 0) is 88.1 Å². The third kappa shape index (κ3) is 5.31. The monoisotopic (exact) mass is 388 g/mol. The molecule has 0 atom stereocenters. The van der Waals surface area contributed by atoms with E-state index in [4.69, 9.17) is 0 Å². The number of isocyanates is 2. The summed E-state index contributed by atoms with van der Waals surface area (Å²) in [5.74, 6) is 0. The highest BCUT2D eigenvalue weighted by atomic mass is 16.1. The van der Waals surface area contributed by atoms with Crippen molar-refractivity contribution < 1.29 is 9.59 Å². The smallest absolute Gasteiger partial charge is 0.214 e. The first-order chi connectivity index (χ1) is 13.6. The fourth-order valence-electron chi connectivity index (χ4n) is 3.17. The lowest BCUT2D eigenvalue weighted by Crippen LogP contribution is -2.15. The van der Waals surface area contributed by atoms with Crippen LogP contribution in [-0.2, 0) is 20.7 Å². The zero-order valence-corrected chi connectivity index (χ0v) is 17.6. The fourth-order valence-corrected chi connectivity index (χ4v) is 3.17. The summed E-state index contributed by atoms with van der Waals surface area (Å²) in [6.45, 7) is 11.5. The van der Waals surface area contributed by atoms with E-state index in [0.29, 0.717) is 11.4 Å². The van der Waals surface area contributed by atoms with Crippen LogP contribution < -0.4 is 0 Å². The van der Waals surface area contributed by atoms with Gasteiger partial charge in [0.15, 0.2) is 0 Å². The Balaban J connectivity index is 2.42. The summed E-state index contributed by atoms with van der Waals surface area (Å²) < 4.78 is 0. The van der Waals surface area contributed by atoms with Gasteiger partial charge in [0.1, 0.15) is 0 Å². The van der Waals surface area contributed by atoms with E-state index < -0.39 is 11.1 Å². The van der Waals surface area contributed by atoms with Crippen LogP contribution in [0.2, 0.25) is 0 Å². The lowest BCUT2D eigenvalue weighted by atomic mass is 9.90. The molecule has 2 aromatic carbocycles. The molecule has 0 saturated carbocycles. The average molecular weight is 388 g/mol. The van der Waals surface area contributed by atoms with Crippen LogP contribution in [0.4, 0.5) is 11.4 Å². The van der Waals surface area contributed by atoms with Gasteiger partial charge in [0.2, 0.25) is 12.2 Å². The number of nitrogens with zero attached hydrogens (tertiary/aromatic N) is 4. The minimum absolute atomic E-state index is 0.530. The normalized spacial score (nSPS) is 11.0. The average Bonchev–Trinajstić information content (AvgIpc) is 2.64. The molecule has 6 nitrogen and oxygen atoms in total. The third-order valence-corrected chi connectivity index (χ3v) is 4.77. The first-order valence-electron chi connectivity index (χ1n) is 9.17. The Morgan fingerprint density at radius 2 is 1.17 bits per heavy atom. The molecular weight excluding hydrogens is 364 g/mol. The molecule has 0 N–H and O–H groups in total. The number of benzene rings is 2. The molecule has 0 radical (unpaired) electrons. The van der Waals surface area contributed by atoms with Gasteiger partial charge in [-0.15, -0.1) is 0 Å². The van der Waals surface area contributed by atoms with Crippen LogP contribution in [0, 0.1) is 13.8 Å². The molecule has 0 heterocycles. The summed E-state index contributed by atoms with van der Waals surface area (Å²) in [4.78, 5) is 37.7. The van der Waals surface area contributed by atoms with Crippen LogP contribution >= 0.6 is 0 Å². The van der Waals surface area contributed by atoms with Gasteiger partial charge in [0, 0.05) is 0 Å². The van der Waals surface area contributed by atoms with Gasteiger partial charge >= 0.3 is 0 Å². The number of hydrogen-bond donors (Lipinski definition) is 0. The number of hydrogen-bond acceptors (Lipinski definition) is 6. The quantitative estimate of drug-likeness (QED) is 0.478. The Labute approximate surface area is 170 Å². The van der Waals surface area contributed by atoms with Gasteiger partial charge < -0.3 is 0 Å². The molecule has 2 aromatic rings. The zero-order chi connectivity index (χ0) is 21.7. The van der Waals surface area contributed by atoms with E-state index in [1.165, 1.54) is 0 Å². The summed E-state index contributed by atoms with van der Waals surface area (Å²) in [5.41, 5.74) is 3.73. The Morgan fingerprint density at radius 1 is 0.690 bits per heavy atom. The second-order valence-electron chi connectivity index (χ2n) is 7.85. The molecule has 0 spiro atoms. The SMILES string of the molecule is Cc1ccc(N=C=NC(C)(C)c2cc(N=C=O)ccc2C)cc1C(C)(C)N=C=O. The molecule has 29 heavy (non-hydrogen) atoms. The molecule has 0 aliphatic rings. The van der Waals surface area contributed by atoms with E-state index >= 15 is 0 Å². The molecule has 0 saturated heterocycles. The zero-order valence-electron chi connectivity index (χ0n) is 17.6. The third-order valence-electron chi connectivity index (χ3n) is 4.77. The molecule has 0 aromatic heterocycles. The summed E-state index contributed by atoms with van der Waals surface area (Å²) >= 11 is 0. The van der Waals surface area contributed by atoms with Gasteiger partial charge in [0.05, 0.1) is 28.5 Å². The number of aryl methyl sites for hydroxylation is 2. The second-order valence-corrected chi connectivity index (χ2v) is 7.85. The lowest BCUT2D eigenvalue weighted by molar-refractivity contribution is 0.521. The fraction of sp³-hybridized carbons (Fsp3) is 0.348. The molecule has 0 aliphatic carbocycles. The predicted octanol–water partition coefficient (Wildman–Crippen LogP) is 5.58. The molecule has 6 heteroatoms. The van der Waals surface area contributed by atoms with Crippen molar-refractivity contribution in [2.45, 2.75) is 52.6 Å². The van der Waals surface area contributed by atoms with Crippen molar-refractivity contribution in [3.05, 3.63) is 58.7 Å². The van der Waals surface area contributed by atoms with Gasteiger partial charge in [-0.1, -0.05) is 12.1 Å². The Bertz CT molecular complexity index is 1080. The summed E-state index contributed by atoms with van der Waals surface area (Å²) in [6.07, 6.45) is 3.19. The van der Waals surface area contributed by atoms with Crippen molar-refractivity contribution in [1.29, 1.82) is 0 Å². The standard InChI is InChI=1S/C23H24N4O2/c1-16-8-10-19(25-14-28)12-20(16)22(3,4)26-13-24-18-9-7-17(2)21(11-18)23(5,6)27-15-29/h7-12H,1-6H3. The lowest BCUT2D eigenvalue weighted by Gasteiger charge is -2.21. The Kier molecular flexibility index (Phi) is 6.58. The maximum absolute atomic E-state index is 10.7. The van der Waals surface area contributed by atoms with Crippen molar-refractivity contribution >= 4 is 29.5 Å². The highest BCUT2D eigenvalue weighted by Gasteiger charge is 2.23. The Morgan fingerprint density at radius 3 is 1.66 bits per heavy atom. The molecule has 0 fully saturated rings. The molecule has 0 unspecified atom stereocenters.